The number of nitrogens with zero attached hydrogens (tertiary/aromatic N) is 4. The Morgan fingerprint density at radius 2 is 1.80 bits per heavy atom. The fraction of sp³-hybridized carbons (Fsp3) is 0.368. The third-order valence-corrected chi connectivity index (χ3v) is 5.82. The maximum Gasteiger partial charge on any atom is 0.407 e. The number of sulfone groups is 1. The highest BCUT2D eigenvalue weighted by atomic mass is 32.2. The number of rotatable bonds is 5. The van der Waals surface area contributed by atoms with Crippen LogP contribution in [0.2, 0.25) is 0 Å². The van der Waals surface area contributed by atoms with Crippen molar-refractivity contribution in [3.05, 3.63) is 36.7 Å². The molecule has 30 heavy (non-hydrogen) atoms. The third-order valence-electron chi connectivity index (χ3n) is 4.69. The monoisotopic (exact) mass is 434 g/mol. The van der Waals surface area contributed by atoms with Gasteiger partial charge in [0.05, 0.1) is 10.6 Å². The Bertz CT molecular complexity index is 1030. The number of hydrogen-bond acceptors (Lipinski definition) is 7. The summed E-state index contributed by atoms with van der Waals surface area (Å²) >= 11 is 0. The molecule has 1 fully saturated rings. The molecule has 1 aliphatic rings. The molecule has 1 aromatic carbocycles. The number of likely N-dealkylation sites (tertiary alicyclic amines) is 1. The van der Waals surface area contributed by atoms with Crippen LogP contribution in [-0.4, -0.2) is 65.8 Å². The van der Waals surface area contributed by atoms with Gasteiger partial charge in [-0.3, -0.25) is 9.69 Å². The second-order valence-corrected chi connectivity index (χ2v) is 8.94. The zero-order chi connectivity index (χ0) is 21.9. The van der Waals surface area contributed by atoms with Crippen LogP contribution in [0.5, 0.6) is 5.88 Å². The van der Waals surface area contributed by atoms with Gasteiger partial charge in [0, 0.05) is 45.2 Å². The molecule has 1 aliphatic heterocycles. The number of aromatic nitrogens is 2. The van der Waals surface area contributed by atoms with E-state index in [4.69, 9.17) is 9.84 Å². The zero-order valence-corrected chi connectivity index (χ0v) is 17.4. The summed E-state index contributed by atoms with van der Waals surface area (Å²) in [5.41, 5.74) is 0.453. The fourth-order valence-electron chi connectivity index (χ4n) is 3.17. The molecule has 0 atom stereocenters. The second kappa shape index (κ2) is 8.66. The van der Waals surface area contributed by atoms with Gasteiger partial charge in [0.2, 0.25) is 11.8 Å². The number of hydrogen-bond donors (Lipinski definition) is 1. The molecule has 0 unspecified atom stereocenters. The minimum Gasteiger partial charge on any atom is -0.474 e. The predicted molar refractivity (Wildman–Crippen MR) is 108 cm³/mol. The van der Waals surface area contributed by atoms with Crippen molar-refractivity contribution in [2.24, 2.45) is 0 Å². The molecule has 0 saturated carbocycles. The van der Waals surface area contributed by atoms with Crippen LogP contribution in [0.3, 0.4) is 0 Å². The van der Waals surface area contributed by atoms with E-state index in [0.29, 0.717) is 31.6 Å². The lowest BCUT2D eigenvalue weighted by molar-refractivity contribution is -0.115. The first-order valence-corrected chi connectivity index (χ1v) is 11.1. The summed E-state index contributed by atoms with van der Waals surface area (Å²) in [6, 6.07) is 7.43. The van der Waals surface area contributed by atoms with Crippen molar-refractivity contribution in [1.82, 2.24) is 14.9 Å². The normalized spacial score (nSPS) is 14.9. The molecule has 1 N–H and O–H groups in total. The highest BCUT2D eigenvalue weighted by Crippen LogP contribution is 2.27. The second-order valence-electron chi connectivity index (χ2n) is 6.92. The van der Waals surface area contributed by atoms with E-state index >= 15 is 0 Å². The van der Waals surface area contributed by atoms with Crippen molar-refractivity contribution < 1.29 is 27.9 Å². The van der Waals surface area contributed by atoms with Crippen LogP contribution in [0.15, 0.2) is 41.6 Å². The first-order chi connectivity index (χ1) is 14.1. The number of ether oxygens (including phenoxy) is 1. The van der Waals surface area contributed by atoms with E-state index in [-0.39, 0.29) is 28.6 Å². The minimum absolute atomic E-state index is 0.147. The van der Waals surface area contributed by atoms with E-state index in [1.165, 1.54) is 53.4 Å². The summed E-state index contributed by atoms with van der Waals surface area (Å²) < 4.78 is 29.2. The Balaban J connectivity index is 1.78. The average Bonchev–Trinajstić information content (AvgIpc) is 2.68. The molecule has 160 valence electrons. The van der Waals surface area contributed by atoms with E-state index in [1.807, 2.05) is 0 Å². The average molecular weight is 434 g/mol. The van der Waals surface area contributed by atoms with E-state index in [1.54, 1.807) is 0 Å². The number of amides is 2. The van der Waals surface area contributed by atoms with Crippen LogP contribution in [0.1, 0.15) is 19.8 Å². The first kappa shape index (κ1) is 21.5. The Labute approximate surface area is 174 Å². The maximum absolute atomic E-state index is 12.3. The molecule has 10 nitrogen and oxygen atoms in total. The Morgan fingerprint density at radius 1 is 1.17 bits per heavy atom. The van der Waals surface area contributed by atoms with Crippen LogP contribution in [0.4, 0.5) is 16.3 Å². The number of anilines is 2. The molecular formula is C19H22N4O6S. The van der Waals surface area contributed by atoms with Gasteiger partial charge >= 0.3 is 6.09 Å². The molecule has 2 heterocycles. The van der Waals surface area contributed by atoms with Crippen molar-refractivity contribution in [2.75, 3.05) is 24.2 Å². The number of carboxylic acid groups (broad SMARTS) is 1. The Hall–Kier alpha value is -3.21. The van der Waals surface area contributed by atoms with Crippen molar-refractivity contribution in [3.63, 3.8) is 0 Å². The van der Waals surface area contributed by atoms with Crippen molar-refractivity contribution in [1.29, 1.82) is 0 Å². The van der Waals surface area contributed by atoms with E-state index in [0.717, 1.165) is 6.26 Å². The van der Waals surface area contributed by atoms with Gasteiger partial charge in [0.1, 0.15) is 18.2 Å². The predicted octanol–water partition coefficient (Wildman–Crippen LogP) is 2.09. The summed E-state index contributed by atoms with van der Waals surface area (Å²) in [5.74, 6) is 0.233. The van der Waals surface area contributed by atoms with Crippen LogP contribution < -0.4 is 9.64 Å². The molecule has 0 aliphatic carbocycles. The lowest BCUT2D eigenvalue weighted by atomic mass is 10.1. The Kier molecular flexibility index (Phi) is 6.20. The summed E-state index contributed by atoms with van der Waals surface area (Å²) in [6.07, 6.45) is 2.32. The molecule has 11 heteroatoms. The van der Waals surface area contributed by atoms with Crippen LogP contribution >= 0.6 is 0 Å². The maximum atomic E-state index is 12.3. The van der Waals surface area contributed by atoms with E-state index < -0.39 is 15.9 Å². The van der Waals surface area contributed by atoms with Crippen molar-refractivity contribution >= 4 is 33.3 Å². The van der Waals surface area contributed by atoms with Crippen LogP contribution in [-0.2, 0) is 14.6 Å². The van der Waals surface area contributed by atoms with E-state index in [9.17, 15) is 18.0 Å². The summed E-state index contributed by atoms with van der Waals surface area (Å²) in [4.78, 5) is 34.3. The summed E-state index contributed by atoms with van der Waals surface area (Å²) in [7, 11) is -3.35. The fourth-order valence-corrected chi connectivity index (χ4v) is 3.80. The largest absolute Gasteiger partial charge is 0.474 e. The van der Waals surface area contributed by atoms with Gasteiger partial charge in [-0.25, -0.2) is 23.2 Å². The van der Waals surface area contributed by atoms with Gasteiger partial charge in [0.25, 0.3) is 0 Å². The van der Waals surface area contributed by atoms with Crippen molar-refractivity contribution in [2.45, 2.75) is 30.8 Å². The number of carbonyl (C=O) groups is 2. The zero-order valence-electron chi connectivity index (χ0n) is 16.6. The molecule has 2 aromatic rings. The molecule has 2 amide bonds. The molecule has 3 rings (SSSR count). The molecule has 0 bridgehead atoms. The minimum atomic E-state index is -3.35. The van der Waals surface area contributed by atoms with Gasteiger partial charge < -0.3 is 14.7 Å². The quantitative estimate of drug-likeness (QED) is 0.757. The van der Waals surface area contributed by atoms with Gasteiger partial charge in [-0.15, -0.1) is 0 Å². The van der Waals surface area contributed by atoms with Crippen molar-refractivity contribution in [3.8, 4) is 5.88 Å². The van der Waals surface area contributed by atoms with Gasteiger partial charge in [0.15, 0.2) is 9.84 Å². The standard InChI is InChI=1S/C19H22N4O6S/c1-13(24)23(14-3-5-16(6-4-14)30(2,27)28)17-11-18(21-12-20-17)29-15-7-9-22(10-8-15)19(25)26/h3-6,11-12,15H,7-10H2,1-2H3,(H,25,26). The van der Waals surface area contributed by atoms with Crippen LogP contribution in [0, 0.1) is 0 Å². The molecule has 0 spiro atoms. The van der Waals surface area contributed by atoms with Gasteiger partial charge in [-0.2, -0.15) is 0 Å². The molecular weight excluding hydrogens is 412 g/mol. The lowest BCUT2D eigenvalue weighted by Gasteiger charge is -2.30. The highest BCUT2D eigenvalue weighted by Gasteiger charge is 2.24. The summed E-state index contributed by atoms with van der Waals surface area (Å²) in [6.45, 7) is 2.13. The molecule has 1 aromatic heterocycles. The number of benzene rings is 1. The third kappa shape index (κ3) is 5.03. The first-order valence-electron chi connectivity index (χ1n) is 9.22. The van der Waals surface area contributed by atoms with Crippen LogP contribution in [0.25, 0.3) is 0 Å². The van der Waals surface area contributed by atoms with Gasteiger partial charge in [-0.05, 0) is 24.3 Å². The topological polar surface area (TPSA) is 130 Å². The van der Waals surface area contributed by atoms with E-state index in [2.05, 4.69) is 9.97 Å². The SMILES string of the molecule is CC(=O)N(c1ccc(S(C)(=O)=O)cc1)c1cc(OC2CCN(C(=O)O)CC2)ncn1. The molecule has 1 saturated heterocycles. The van der Waals surface area contributed by atoms with Gasteiger partial charge in [-0.1, -0.05) is 0 Å². The number of piperidine rings is 1. The Morgan fingerprint density at radius 3 is 2.33 bits per heavy atom. The lowest BCUT2D eigenvalue weighted by Crippen LogP contribution is -2.41. The highest BCUT2D eigenvalue weighted by molar-refractivity contribution is 7.90. The molecule has 0 radical (unpaired) electrons. The summed E-state index contributed by atoms with van der Waals surface area (Å²) in [5, 5.41) is 9.03. The smallest absolute Gasteiger partial charge is 0.407 e. The number of carbonyl (C=O) groups excluding carboxylic acids is 1.